The Morgan fingerprint density at radius 3 is 1.25 bits per heavy atom. The SMILES string of the molecule is O=S([O-])([O-])=S.[Au+3].[Na+].[Na+]. The normalized spacial score (nSPS) is 7.25. The summed E-state index contributed by atoms with van der Waals surface area (Å²) in [5, 5.41) is 0. The minimum Gasteiger partial charge on any atom is -0.780 e. The average Bonchev–Trinajstić information content (AvgIpc) is 0.722. The molecule has 0 saturated carbocycles. The van der Waals surface area contributed by atoms with E-state index in [0.717, 1.165) is 0 Å². The first-order chi connectivity index (χ1) is 2.00. The molecule has 0 aliphatic rings. The molecule has 8 heteroatoms. The van der Waals surface area contributed by atoms with E-state index in [1.165, 1.54) is 0 Å². The van der Waals surface area contributed by atoms with Gasteiger partial charge in [0.1, 0.15) is 0 Å². The maximum Gasteiger partial charge on any atom is 3.00 e. The second-order valence-electron chi connectivity index (χ2n) is 0.408. The molecule has 0 saturated heterocycles. The van der Waals surface area contributed by atoms with E-state index in [-0.39, 0.29) is 81.5 Å². The van der Waals surface area contributed by atoms with Crippen molar-refractivity contribution in [1.82, 2.24) is 0 Å². The molecule has 0 aromatic heterocycles. The summed E-state index contributed by atoms with van der Waals surface area (Å²) in [5.74, 6) is 0. The van der Waals surface area contributed by atoms with Crippen molar-refractivity contribution < 1.29 is 94.8 Å². The molecule has 0 bridgehead atoms. The van der Waals surface area contributed by atoms with Crippen molar-refractivity contribution >= 4 is 20.2 Å². The fourth-order valence-corrected chi connectivity index (χ4v) is 0. The van der Waals surface area contributed by atoms with Crippen LogP contribution in [0.25, 0.3) is 0 Å². The van der Waals surface area contributed by atoms with Crippen LogP contribution in [0.1, 0.15) is 0 Å². The zero-order chi connectivity index (χ0) is 4.50. The van der Waals surface area contributed by atoms with E-state index in [1.54, 1.807) is 0 Å². The van der Waals surface area contributed by atoms with Gasteiger partial charge in [-0.3, -0.25) is 4.21 Å². The molecule has 0 aromatic rings. The summed E-state index contributed by atoms with van der Waals surface area (Å²) in [4.78, 5) is 0. The van der Waals surface area contributed by atoms with E-state index in [0.29, 0.717) is 0 Å². The summed E-state index contributed by atoms with van der Waals surface area (Å²) in [7, 11) is -4.33. The number of hydrogen-bond acceptors (Lipinski definition) is 4. The number of rotatable bonds is 0. The molecule has 0 aliphatic carbocycles. The smallest absolute Gasteiger partial charge is 0.780 e. The molecule has 3 nitrogen and oxygen atoms in total. The van der Waals surface area contributed by atoms with Crippen LogP contribution in [0.2, 0.25) is 0 Å². The van der Waals surface area contributed by atoms with Crippen LogP contribution in [0.5, 0.6) is 0 Å². The van der Waals surface area contributed by atoms with Crippen LogP contribution in [0.3, 0.4) is 0 Å². The standard InChI is InChI=1S/Au.2Na.H2O3S2/c;;;1-5(2,3)4/h;;;(H2,1,2,3,4)/q+3;2*+1;/p-2. The topological polar surface area (TPSA) is 63.2 Å². The Kier molecular flexibility index (Phi) is 28.2. The average molecular weight is 355 g/mol. The summed E-state index contributed by atoms with van der Waals surface area (Å²) in [6.45, 7) is 0. The Balaban J connectivity index is -0.0000000267. The monoisotopic (exact) mass is 355 g/mol. The largest absolute Gasteiger partial charge is 3.00 e. The van der Waals surface area contributed by atoms with Crippen molar-refractivity contribution in [3.63, 3.8) is 0 Å². The van der Waals surface area contributed by atoms with Crippen LogP contribution < -0.4 is 59.1 Å². The summed E-state index contributed by atoms with van der Waals surface area (Å²) >= 11 is 3.24. The van der Waals surface area contributed by atoms with Crippen molar-refractivity contribution in [2.45, 2.75) is 0 Å². The van der Waals surface area contributed by atoms with Gasteiger partial charge in [0.2, 0.25) is 0 Å². The molecule has 0 unspecified atom stereocenters. The van der Waals surface area contributed by atoms with Crippen molar-refractivity contribution in [3.8, 4) is 0 Å². The molecular formula is AuNa2O3S2+3. The molecule has 0 amide bonds. The fraction of sp³-hybridized carbons (Fsp3) is 0. The summed E-state index contributed by atoms with van der Waals surface area (Å²) in [6.07, 6.45) is 0. The molecular weight excluding hydrogens is 355 g/mol. The minimum absolute atomic E-state index is 0. The van der Waals surface area contributed by atoms with Crippen molar-refractivity contribution in [2.24, 2.45) is 0 Å². The van der Waals surface area contributed by atoms with Gasteiger partial charge >= 0.3 is 81.5 Å². The van der Waals surface area contributed by atoms with Gasteiger partial charge in [0, 0.05) is 0 Å². The van der Waals surface area contributed by atoms with Gasteiger partial charge in [0.25, 0.3) is 0 Å². The maximum absolute atomic E-state index is 8.89. The van der Waals surface area contributed by atoms with Gasteiger partial charge in [-0.15, -0.1) is 9.05 Å². The second kappa shape index (κ2) is 10.0. The molecule has 0 heterocycles. The Bertz CT molecular complexity index is 98.5. The molecule has 0 N–H and O–H groups in total. The van der Waals surface area contributed by atoms with Crippen LogP contribution in [0.15, 0.2) is 0 Å². The molecule has 0 rings (SSSR count). The van der Waals surface area contributed by atoms with Gasteiger partial charge in [-0.2, -0.15) is 0 Å². The molecule has 40 valence electrons. The summed E-state index contributed by atoms with van der Waals surface area (Å²) in [5.41, 5.74) is 0. The van der Waals surface area contributed by atoms with E-state index in [2.05, 4.69) is 11.2 Å². The zero-order valence-electron chi connectivity index (χ0n) is 4.34. The molecule has 0 atom stereocenters. The van der Waals surface area contributed by atoms with Crippen molar-refractivity contribution in [3.05, 3.63) is 0 Å². The summed E-state index contributed by atoms with van der Waals surface area (Å²) < 4.78 is 26.7. The molecule has 0 spiro atoms. The molecule has 0 aromatic carbocycles. The Morgan fingerprint density at radius 1 is 1.25 bits per heavy atom. The van der Waals surface area contributed by atoms with Crippen molar-refractivity contribution in [1.29, 1.82) is 0 Å². The van der Waals surface area contributed by atoms with Crippen molar-refractivity contribution in [2.75, 3.05) is 0 Å². The van der Waals surface area contributed by atoms with Crippen LogP contribution in [0, 0.1) is 0 Å². The molecule has 0 aliphatic heterocycles. The third-order valence-corrected chi connectivity index (χ3v) is 0. The Morgan fingerprint density at radius 2 is 1.25 bits per heavy atom. The quantitative estimate of drug-likeness (QED) is 0.406. The minimum atomic E-state index is -4.33. The predicted octanol–water partition coefficient (Wildman–Crippen LogP) is -7.00. The molecule has 8 heavy (non-hydrogen) atoms. The molecule has 0 radical (unpaired) electrons. The van der Waals surface area contributed by atoms with Crippen LogP contribution in [-0.2, 0) is 42.6 Å². The maximum atomic E-state index is 8.89. The van der Waals surface area contributed by atoms with E-state index < -0.39 is 9.05 Å². The van der Waals surface area contributed by atoms with Gasteiger partial charge < -0.3 is 9.11 Å². The van der Waals surface area contributed by atoms with Gasteiger partial charge in [0.15, 0.2) is 0 Å². The first-order valence-corrected chi connectivity index (χ1v) is 3.00. The third kappa shape index (κ3) is 63.4. The van der Waals surface area contributed by atoms with Gasteiger partial charge in [-0.1, -0.05) is 0 Å². The Hall–Kier alpha value is 3.03. The van der Waals surface area contributed by atoms with Crippen LogP contribution in [-0.4, -0.2) is 13.3 Å². The van der Waals surface area contributed by atoms with Crippen LogP contribution in [0.4, 0.5) is 0 Å². The predicted molar refractivity (Wildman–Crippen MR) is 17.1 cm³/mol. The van der Waals surface area contributed by atoms with Gasteiger partial charge in [0.05, 0.1) is 0 Å². The van der Waals surface area contributed by atoms with E-state index >= 15 is 0 Å². The second-order valence-corrected chi connectivity index (χ2v) is 2.45. The fourth-order valence-electron chi connectivity index (χ4n) is 0. The zero-order valence-corrected chi connectivity index (χ0v) is 12.1. The Labute approximate surface area is 113 Å². The van der Waals surface area contributed by atoms with E-state index in [4.69, 9.17) is 13.3 Å². The first-order valence-electron chi connectivity index (χ1n) is 0.667. The van der Waals surface area contributed by atoms with Crippen LogP contribution >= 0.6 is 0 Å². The van der Waals surface area contributed by atoms with Gasteiger partial charge in [-0.25, -0.2) is 0 Å². The van der Waals surface area contributed by atoms with E-state index in [9.17, 15) is 0 Å². The first kappa shape index (κ1) is 22.5. The molecule has 0 fully saturated rings. The summed E-state index contributed by atoms with van der Waals surface area (Å²) in [6, 6.07) is 0. The number of hydrogen-bond donors (Lipinski definition) is 0. The van der Waals surface area contributed by atoms with Gasteiger partial charge in [-0.05, 0) is 11.2 Å². The van der Waals surface area contributed by atoms with E-state index in [1.807, 2.05) is 0 Å². The third-order valence-electron chi connectivity index (χ3n) is 0.